The first-order valence-electron chi connectivity index (χ1n) is 23.0. The minimum Gasteiger partial charge on any atom is -0.491 e. The second-order valence-electron chi connectivity index (χ2n) is 17.0. The molecule has 0 spiro atoms. The van der Waals surface area contributed by atoms with E-state index in [2.05, 4.69) is 32.3 Å². The standard InChI is InChI=1S/C51H51N9O10/c1-58-30-35(10-22-46(58)63)34-8-13-37(14-9-34)59(38-15-11-36(12-16-38)56-43-20-7-33(27-52)29-54-43)51(67)55-28-32-5-17-39(18-6-32)69-26-25-68-24-23-53-45(62)31-70-42-4-2-3-40-47(42)50(66)60(49(40)65)41-19-21-44(61)57-48(41)64/h2-10,13-14,17-18,20,22,29-30,36,38,41H,11-12,15-16,19,21,23-26,28,31H2,1H3,(H,53,62)(H,54,56)(H,55,67)(H,57,61,64). The smallest absolute Gasteiger partial charge is 0.322 e. The number of urea groups is 1. The summed E-state index contributed by atoms with van der Waals surface area (Å²) in [5.41, 5.74) is 3.83. The number of imide groups is 2. The number of aryl methyl sites for hydroxylation is 1. The Morgan fingerprint density at radius 2 is 1.60 bits per heavy atom. The van der Waals surface area contributed by atoms with Crippen LogP contribution in [0.3, 0.4) is 0 Å². The molecule has 0 radical (unpaired) electrons. The number of amides is 7. The SMILES string of the molecule is Cn1cc(-c2ccc(N(C(=O)NCc3ccc(OCCOCCNC(=O)COc4cccc5c4C(=O)N(C4CCC(=O)NC4=O)C5=O)cc3)C3CCC(Nc4ccc(C#N)cn4)CC3)cc2)ccc1=O. The second-order valence-corrected chi connectivity index (χ2v) is 17.0. The largest absolute Gasteiger partial charge is 0.491 e. The van der Waals surface area contributed by atoms with Gasteiger partial charge >= 0.3 is 6.03 Å². The molecule has 3 aliphatic rings. The van der Waals surface area contributed by atoms with Crippen molar-refractivity contribution in [1.29, 1.82) is 5.26 Å². The van der Waals surface area contributed by atoms with Gasteiger partial charge < -0.3 is 34.7 Å². The molecular formula is C51H51N9O10. The van der Waals surface area contributed by atoms with Crippen molar-refractivity contribution in [1.82, 2.24) is 30.4 Å². The van der Waals surface area contributed by atoms with E-state index in [0.29, 0.717) is 17.1 Å². The lowest BCUT2D eigenvalue weighted by Crippen LogP contribution is -2.54. The second kappa shape index (κ2) is 22.2. The number of pyridine rings is 2. The summed E-state index contributed by atoms with van der Waals surface area (Å²) in [5.74, 6) is -1.74. The number of hydrogen-bond donors (Lipinski definition) is 4. The van der Waals surface area contributed by atoms with Crippen molar-refractivity contribution in [3.8, 4) is 28.7 Å². The first-order chi connectivity index (χ1) is 33.9. The van der Waals surface area contributed by atoms with E-state index < -0.39 is 42.2 Å². The van der Waals surface area contributed by atoms with Gasteiger partial charge in [-0.15, -0.1) is 0 Å². The van der Waals surface area contributed by atoms with E-state index in [1.54, 1.807) is 37.6 Å². The molecule has 70 heavy (non-hydrogen) atoms. The number of nitriles is 1. The average Bonchev–Trinajstić information content (AvgIpc) is 3.63. The highest BCUT2D eigenvalue weighted by atomic mass is 16.5. The summed E-state index contributed by atoms with van der Waals surface area (Å²) >= 11 is 0. The van der Waals surface area contributed by atoms with E-state index >= 15 is 0 Å². The Balaban J connectivity index is 0.768. The van der Waals surface area contributed by atoms with Gasteiger partial charge in [-0.25, -0.2) is 9.78 Å². The zero-order valence-electron chi connectivity index (χ0n) is 38.4. The van der Waals surface area contributed by atoms with Crippen molar-refractivity contribution in [2.45, 2.75) is 63.2 Å². The lowest BCUT2D eigenvalue weighted by molar-refractivity contribution is -0.136. The molecule has 2 aromatic heterocycles. The van der Waals surface area contributed by atoms with Crippen LogP contribution in [0.1, 0.15) is 70.4 Å². The molecule has 2 aliphatic heterocycles. The number of hydrogen-bond acceptors (Lipinski definition) is 13. The first kappa shape index (κ1) is 48.1. The van der Waals surface area contributed by atoms with E-state index in [1.807, 2.05) is 53.4 Å². The summed E-state index contributed by atoms with van der Waals surface area (Å²) in [4.78, 5) is 96.0. The molecule has 1 aliphatic carbocycles. The summed E-state index contributed by atoms with van der Waals surface area (Å²) in [5, 5.41) is 20.5. The predicted molar refractivity (Wildman–Crippen MR) is 255 cm³/mol. The van der Waals surface area contributed by atoms with E-state index in [0.717, 1.165) is 53.0 Å². The van der Waals surface area contributed by atoms with E-state index in [-0.39, 0.29) is 86.3 Å². The van der Waals surface area contributed by atoms with Crippen LogP contribution in [0.25, 0.3) is 11.1 Å². The Bertz CT molecular complexity index is 2860. The van der Waals surface area contributed by atoms with Gasteiger partial charge in [0.25, 0.3) is 17.7 Å². The quantitative estimate of drug-likeness (QED) is 0.0702. The van der Waals surface area contributed by atoms with Gasteiger partial charge in [-0.2, -0.15) is 5.26 Å². The van der Waals surface area contributed by atoms with Crippen LogP contribution in [0, 0.1) is 11.3 Å². The molecule has 0 bridgehead atoms. The number of nitrogens with one attached hydrogen (secondary N) is 4. The van der Waals surface area contributed by atoms with Crippen molar-refractivity contribution in [2.24, 2.45) is 7.05 Å². The first-order valence-corrected chi connectivity index (χ1v) is 23.0. The molecule has 1 saturated carbocycles. The molecule has 360 valence electrons. The Morgan fingerprint density at radius 3 is 2.31 bits per heavy atom. The predicted octanol–water partition coefficient (Wildman–Crippen LogP) is 4.45. The maximum Gasteiger partial charge on any atom is 0.322 e. The summed E-state index contributed by atoms with van der Waals surface area (Å²) in [6, 6.07) is 27.3. The molecule has 4 heterocycles. The van der Waals surface area contributed by atoms with Gasteiger partial charge in [0.15, 0.2) is 6.61 Å². The highest BCUT2D eigenvalue weighted by Crippen LogP contribution is 2.34. The number of fused-ring (bicyclic) bond motifs is 1. The van der Waals surface area contributed by atoms with Crippen molar-refractivity contribution in [2.75, 3.05) is 43.2 Å². The normalized spacial score (nSPS) is 17.5. The molecule has 19 heteroatoms. The average molecular weight is 950 g/mol. The van der Waals surface area contributed by atoms with Gasteiger partial charge in [0.1, 0.15) is 36.0 Å². The lowest BCUT2D eigenvalue weighted by Gasteiger charge is -2.37. The topological polar surface area (TPSA) is 243 Å². The van der Waals surface area contributed by atoms with E-state index in [4.69, 9.17) is 19.5 Å². The Morgan fingerprint density at radius 1 is 0.829 bits per heavy atom. The van der Waals surface area contributed by atoms with Crippen LogP contribution in [0.4, 0.5) is 16.3 Å². The third-order valence-corrected chi connectivity index (χ3v) is 12.3. The molecular weight excluding hydrogens is 899 g/mol. The number of carbonyl (C=O) groups is 6. The molecule has 8 rings (SSSR count). The van der Waals surface area contributed by atoms with Gasteiger partial charge in [-0.3, -0.25) is 43.9 Å². The molecule has 1 saturated heterocycles. The zero-order chi connectivity index (χ0) is 49.1. The minimum atomic E-state index is -1.12. The maximum absolute atomic E-state index is 14.1. The fraction of sp³-hybridized carbons (Fsp3) is 0.314. The van der Waals surface area contributed by atoms with Gasteiger partial charge in [0, 0.05) is 62.8 Å². The highest BCUT2D eigenvalue weighted by Gasteiger charge is 2.46. The van der Waals surface area contributed by atoms with Crippen LogP contribution in [0.5, 0.6) is 11.5 Å². The number of aromatic nitrogens is 2. The van der Waals surface area contributed by atoms with Crippen LogP contribution < -0.4 is 41.2 Å². The fourth-order valence-corrected chi connectivity index (χ4v) is 8.65. The van der Waals surface area contributed by atoms with Crippen molar-refractivity contribution in [3.63, 3.8) is 0 Å². The molecule has 1 atom stereocenters. The number of nitrogens with zero attached hydrogens (tertiary/aromatic N) is 5. The van der Waals surface area contributed by atoms with Gasteiger partial charge in [0.05, 0.1) is 29.9 Å². The van der Waals surface area contributed by atoms with E-state index in [9.17, 15) is 33.6 Å². The Labute approximate surface area is 402 Å². The van der Waals surface area contributed by atoms with Crippen molar-refractivity contribution < 1.29 is 43.0 Å². The molecule has 1 unspecified atom stereocenters. The summed E-state index contributed by atoms with van der Waals surface area (Å²) in [7, 11) is 1.71. The van der Waals surface area contributed by atoms with Crippen LogP contribution >= 0.6 is 0 Å². The van der Waals surface area contributed by atoms with Crippen molar-refractivity contribution in [3.05, 3.63) is 136 Å². The Kier molecular flexibility index (Phi) is 15.2. The third kappa shape index (κ3) is 11.5. The van der Waals surface area contributed by atoms with Crippen LogP contribution in [-0.4, -0.2) is 101 Å². The summed E-state index contributed by atoms with van der Waals surface area (Å²) < 4.78 is 18.6. The number of piperidine rings is 1. The molecule has 5 aromatic rings. The summed E-state index contributed by atoms with van der Waals surface area (Å²) in [6.07, 6.45) is 6.49. The molecule has 19 nitrogen and oxygen atoms in total. The van der Waals surface area contributed by atoms with Crippen LogP contribution in [0.2, 0.25) is 0 Å². The van der Waals surface area contributed by atoms with Crippen molar-refractivity contribution >= 4 is 47.1 Å². The zero-order valence-corrected chi connectivity index (χ0v) is 38.4. The highest BCUT2D eigenvalue weighted by molar-refractivity contribution is 6.24. The summed E-state index contributed by atoms with van der Waals surface area (Å²) in [6.45, 7) is 0.686. The fourth-order valence-electron chi connectivity index (χ4n) is 8.65. The third-order valence-electron chi connectivity index (χ3n) is 12.3. The van der Waals surface area contributed by atoms with Gasteiger partial charge in [0.2, 0.25) is 17.4 Å². The van der Waals surface area contributed by atoms with Gasteiger partial charge in [-0.1, -0.05) is 30.3 Å². The Hall–Kier alpha value is -8.37. The maximum atomic E-state index is 14.1. The van der Waals surface area contributed by atoms with Crippen LogP contribution in [0.15, 0.2) is 108 Å². The minimum absolute atomic E-state index is 0.00493. The number of ether oxygens (including phenoxy) is 3. The van der Waals surface area contributed by atoms with E-state index in [1.165, 1.54) is 28.8 Å². The molecule has 4 N–H and O–H groups in total. The monoisotopic (exact) mass is 949 g/mol. The lowest BCUT2D eigenvalue weighted by atomic mass is 9.89. The number of rotatable bonds is 18. The molecule has 7 amide bonds. The van der Waals surface area contributed by atoms with Gasteiger partial charge in [-0.05, 0) is 103 Å². The van der Waals surface area contributed by atoms with Crippen LogP contribution in [-0.2, 0) is 32.7 Å². The number of carbonyl (C=O) groups excluding carboxylic acids is 6. The molecule has 3 aromatic carbocycles. The number of benzene rings is 3. The number of anilines is 2. The molecule has 2 fully saturated rings.